The minimum absolute atomic E-state index is 0.0982. The Bertz CT molecular complexity index is 533. The number of hydrogen-bond acceptors (Lipinski definition) is 2. The summed E-state index contributed by atoms with van der Waals surface area (Å²) in [4.78, 5) is 14.3. The van der Waals surface area contributed by atoms with E-state index in [-0.39, 0.29) is 17.7 Å². The van der Waals surface area contributed by atoms with Crippen LogP contribution in [-0.4, -0.2) is 30.3 Å². The molecule has 1 atom stereocenters. The summed E-state index contributed by atoms with van der Waals surface area (Å²) in [6.07, 6.45) is 2.89. The van der Waals surface area contributed by atoms with E-state index in [2.05, 4.69) is 39.1 Å². The summed E-state index contributed by atoms with van der Waals surface area (Å²) in [6.45, 7) is 9.68. The van der Waals surface area contributed by atoms with Crippen LogP contribution in [0.3, 0.4) is 0 Å². The summed E-state index contributed by atoms with van der Waals surface area (Å²) in [5, 5.41) is 2.94. The lowest BCUT2D eigenvalue weighted by Gasteiger charge is -2.35. The van der Waals surface area contributed by atoms with Crippen molar-refractivity contribution in [2.45, 2.75) is 40.3 Å². The fourth-order valence-electron chi connectivity index (χ4n) is 2.61. The van der Waals surface area contributed by atoms with Gasteiger partial charge in [0.05, 0.1) is 6.61 Å². The standard InChI is InChI=1S/C18H26N2O2/c1-14(2)10-11-18(3,4)16-20(12-13-22-16)17(21)19-15-8-6-5-7-9-15/h5-10,16H,11-13H2,1-4H3,(H,19,21)/t16-/m1/s1. The number of para-hydroxylation sites is 1. The van der Waals surface area contributed by atoms with Gasteiger partial charge in [0.1, 0.15) is 6.23 Å². The van der Waals surface area contributed by atoms with Crippen molar-refractivity contribution < 1.29 is 9.53 Å². The Kier molecular flexibility index (Phi) is 5.24. The maximum absolute atomic E-state index is 12.5. The fraction of sp³-hybridized carbons (Fsp3) is 0.500. The predicted octanol–water partition coefficient (Wildman–Crippen LogP) is 4.26. The van der Waals surface area contributed by atoms with Gasteiger partial charge in [-0.1, -0.05) is 43.7 Å². The summed E-state index contributed by atoms with van der Waals surface area (Å²) in [5.74, 6) is 0. The van der Waals surface area contributed by atoms with Crippen LogP contribution in [0.1, 0.15) is 34.1 Å². The zero-order chi connectivity index (χ0) is 16.2. The minimum atomic E-state index is -0.202. The first-order chi connectivity index (χ1) is 10.4. The predicted molar refractivity (Wildman–Crippen MR) is 89.7 cm³/mol. The first-order valence-corrected chi connectivity index (χ1v) is 7.78. The molecule has 120 valence electrons. The number of allylic oxidation sites excluding steroid dienone is 2. The van der Waals surface area contributed by atoms with Crippen molar-refractivity contribution in [1.29, 1.82) is 0 Å². The van der Waals surface area contributed by atoms with E-state index in [9.17, 15) is 4.79 Å². The lowest BCUT2D eigenvalue weighted by atomic mass is 9.86. The molecule has 1 fully saturated rings. The topological polar surface area (TPSA) is 41.6 Å². The van der Waals surface area contributed by atoms with Crippen molar-refractivity contribution in [2.75, 3.05) is 18.5 Å². The summed E-state index contributed by atoms with van der Waals surface area (Å²) in [7, 11) is 0. The summed E-state index contributed by atoms with van der Waals surface area (Å²) < 4.78 is 5.86. The SMILES string of the molecule is CC(C)=CCC(C)(C)[C@H]1OCCN1C(=O)Nc1ccccc1. The Morgan fingerprint density at radius 1 is 1.36 bits per heavy atom. The Morgan fingerprint density at radius 3 is 2.68 bits per heavy atom. The lowest BCUT2D eigenvalue weighted by Crippen LogP contribution is -2.46. The van der Waals surface area contributed by atoms with E-state index in [0.29, 0.717) is 13.2 Å². The van der Waals surface area contributed by atoms with E-state index >= 15 is 0 Å². The molecular formula is C18H26N2O2. The van der Waals surface area contributed by atoms with Crippen molar-refractivity contribution in [3.8, 4) is 0 Å². The Labute approximate surface area is 133 Å². The maximum atomic E-state index is 12.5. The van der Waals surface area contributed by atoms with E-state index in [1.165, 1.54) is 5.57 Å². The normalized spacial score (nSPS) is 18.2. The molecule has 0 radical (unpaired) electrons. The molecule has 2 amide bonds. The molecule has 4 nitrogen and oxygen atoms in total. The van der Waals surface area contributed by atoms with Crippen molar-refractivity contribution in [1.82, 2.24) is 4.90 Å². The number of rotatable bonds is 4. The Hall–Kier alpha value is -1.81. The van der Waals surface area contributed by atoms with E-state index in [1.807, 2.05) is 30.3 Å². The molecule has 0 saturated carbocycles. The molecule has 0 unspecified atom stereocenters. The highest BCUT2D eigenvalue weighted by molar-refractivity contribution is 5.89. The molecule has 0 bridgehead atoms. The minimum Gasteiger partial charge on any atom is -0.356 e. The highest BCUT2D eigenvalue weighted by Crippen LogP contribution is 2.34. The molecule has 1 aliphatic heterocycles. The molecule has 1 N–H and O–H groups in total. The van der Waals surface area contributed by atoms with Gasteiger partial charge in [-0.2, -0.15) is 0 Å². The number of nitrogens with zero attached hydrogens (tertiary/aromatic N) is 1. The van der Waals surface area contributed by atoms with Crippen molar-refractivity contribution in [3.63, 3.8) is 0 Å². The number of nitrogens with one attached hydrogen (secondary N) is 1. The highest BCUT2D eigenvalue weighted by Gasteiger charge is 2.40. The first kappa shape index (κ1) is 16.6. The van der Waals surface area contributed by atoms with Crippen molar-refractivity contribution >= 4 is 11.7 Å². The van der Waals surface area contributed by atoms with Crippen LogP contribution in [0.15, 0.2) is 42.0 Å². The van der Waals surface area contributed by atoms with Crippen molar-refractivity contribution in [3.05, 3.63) is 42.0 Å². The monoisotopic (exact) mass is 302 g/mol. The average Bonchev–Trinajstić information content (AvgIpc) is 2.97. The highest BCUT2D eigenvalue weighted by atomic mass is 16.5. The molecule has 1 aromatic carbocycles. The second kappa shape index (κ2) is 6.97. The Morgan fingerprint density at radius 2 is 2.05 bits per heavy atom. The Balaban J connectivity index is 2.06. The molecule has 0 aliphatic carbocycles. The van der Waals surface area contributed by atoms with Crippen LogP contribution < -0.4 is 5.32 Å². The third-order valence-electron chi connectivity index (χ3n) is 3.88. The molecule has 0 spiro atoms. The van der Waals surface area contributed by atoms with Gasteiger partial charge in [0, 0.05) is 17.6 Å². The third-order valence-corrected chi connectivity index (χ3v) is 3.88. The van der Waals surface area contributed by atoms with Crippen LogP contribution in [-0.2, 0) is 4.74 Å². The number of ether oxygens (including phenoxy) is 1. The van der Waals surface area contributed by atoms with E-state index in [1.54, 1.807) is 4.90 Å². The second-order valence-electron chi connectivity index (χ2n) is 6.69. The molecule has 0 aromatic heterocycles. The van der Waals surface area contributed by atoms with Crippen LogP contribution in [0.2, 0.25) is 0 Å². The van der Waals surface area contributed by atoms with Gasteiger partial charge in [-0.3, -0.25) is 4.90 Å². The summed E-state index contributed by atoms with van der Waals surface area (Å²) >= 11 is 0. The van der Waals surface area contributed by atoms with Crippen molar-refractivity contribution in [2.24, 2.45) is 5.41 Å². The van der Waals surface area contributed by atoms with Gasteiger partial charge in [0.25, 0.3) is 0 Å². The van der Waals surface area contributed by atoms with Crippen LogP contribution in [0.25, 0.3) is 0 Å². The number of benzene rings is 1. The average molecular weight is 302 g/mol. The van der Waals surface area contributed by atoms with Crippen LogP contribution in [0, 0.1) is 5.41 Å². The molecule has 1 saturated heterocycles. The molecule has 4 heteroatoms. The maximum Gasteiger partial charge on any atom is 0.323 e. The third kappa shape index (κ3) is 4.10. The number of urea groups is 1. The molecular weight excluding hydrogens is 276 g/mol. The van der Waals surface area contributed by atoms with Gasteiger partial charge in [0.15, 0.2) is 0 Å². The molecule has 22 heavy (non-hydrogen) atoms. The van der Waals surface area contributed by atoms with Gasteiger partial charge < -0.3 is 10.1 Å². The summed E-state index contributed by atoms with van der Waals surface area (Å²) in [5.41, 5.74) is 1.97. The quantitative estimate of drug-likeness (QED) is 0.844. The van der Waals surface area contributed by atoms with Gasteiger partial charge >= 0.3 is 6.03 Å². The smallest absolute Gasteiger partial charge is 0.323 e. The van der Waals surface area contributed by atoms with Crippen LogP contribution in [0.4, 0.5) is 10.5 Å². The van der Waals surface area contributed by atoms with Crippen LogP contribution >= 0.6 is 0 Å². The largest absolute Gasteiger partial charge is 0.356 e. The number of amides is 2. The van der Waals surface area contributed by atoms with Gasteiger partial charge in [-0.15, -0.1) is 0 Å². The number of anilines is 1. The van der Waals surface area contributed by atoms with Gasteiger partial charge in [-0.05, 0) is 32.4 Å². The zero-order valence-corrected chi connectivity index (χ0v) is 13.9. The van der Waals surface area contributed by atoms with E-state index in [0.717, 1.165) is 12.1 Å². The first-order valence-electron chi connectivity index (χ1n) is 7.78. The molecule has 1 aromatic rings. The molecule has 1 aliphatic rings. The second-order valence-corrected chi connectivity index (χ2v) is 6.69. The van der Waals surface area contributed by atoms with Crippen LogP contribution in [0.5, 0.6) is 0 Å². The zero-order valence-electron chi connectivity index (χ0n) is 13.9. The lowest BCUT2D eigenvalue weighted by molar-refractivity contribution is -0.0346. The summed E-state index contributed by atoms with van der Waals surface area (Å²) in [6, 6.07) is 9.42. The van der Waals surface area contributed by atoms with Gasteiger partial charge in [-0.25, -0.2) is 4.79 Å². The molecule has 2 rings (SSSR count). The number of hydrogen-bond donors (Lipinski definition) is 1. The molecule has 1 heterocycles. The van der Waals surface area contributed by atoms with E-state index < -0.39 is 0 Å². The fourth-order valence-corrected chi connectivity index (χ4v) is 2.61. The van der Waals surface area contributed by atoms with E-state index in [4.69, 9.17) is 4.74 Å². The van der Waals surface area contributed by atoms with Gasteiger partial charge in [0.2, 0.25) is 0 Å². The number of carbonyl (C=O) groups is 1. The number of carbonyl (C=O) groups excluding carboxylic acids is 1.